The predicted molar refractivity (Wildman–Crippen MR) is 85.8 cm³/mol. The largest absolute Gasteiger partial charge is 0.326 e. The van der Waals surface area contributed by atoms with E-state index in [2.05, 4.69) is 20.9 Å². The number of benzene rings is 2. The van der Waals surface area contributed by atoms with Gasteiger partial charge in [0.1, 0.15) is 17.5 Å². The zero-order valence-electron chi connectivity index (χ0n) is 11.2. The molecule has 0 N–H and O–H groups in total. The van der Waals surface area contributed by atoms with Crippen molar-refractivity contribution < 1.29 is 8.78 Å². The number of hydrogen-bond acceptors (Lipinski definition) is 1. The molecule has 0 saturated heterocycles. The van der Waals surface area contributed by atoms with Gasteiger partial charge in [-0.25, -0.2) is 13.8 Å². The maximum atomic E-state index is 14.1. The molecule has 6 heteroatoms. The minimum absolute atomic E-state index is 0.240. The molecule has 1 heterocycles. The smallest absolute Gasteiger partial charge is 0.144 e. The third-order valence-electron chi connectivity index (χ3n) is 3.18. The Morgan fingerprint density at radius 2 is 2.00 bits per heavy atom. The first-order chi connectivity index (χ1) is 10.5. The van der Waals surface area contributed by atoms with Crippen LogP contribution in [0.3, 0.4) is 0 Å². The van der Waals surface area contributed by atoms with Crippen molar-refractivity contribution in [2.75, 3.05) is 0 Å². The molecule has 3 aromatic rings. The van der Waals surface area contributed by atoms with E-state index >= 15 is 0 Å². The first-order valence-corrected chi connectivity index (χ1v) is 7.62. The molecule has 112 valence electrons. The molecule has 0 saturated carbocycles. The van der Waals surface area contributed by atoms with E-state index in [0.717, 1.165) is 5.56 Å². The summed E-state index contributed by atoms with van der Waals surface area (Å²) in [7, 11) is 0. The van der Waals surface area contributed by atoms with Gasteiger partial charge in [0.25, 0.3) is 0 Å². The van der Waals surface area contributed by atoms with E-state index in [9.17, 15) is 8.78 Å². The van der Waals surface area contributed by atoms with Crippen molar-refractivity contribution in [3.8, 4) is 11.4 Å². The molecule has 0 unspecified atom stereocenters. The third kappa shape index (κ3) is 3.05. The van der Waals surface area contributed by atoms with Crippen LogP contribution >= 0.6 is 27.5 Å². The molecule has 0 bridgehead atoms. The molecule has 0 spiro atoms. The monoisotopic (exact) mass is 382 g/mol. The van der Waals surface area contributed by atoms with E-state index in [-0.39, 0.29) is 16.4 Å². The van der Waals surface area contributed by atoms with Gasteiger partial charge in [0.05, 0.1) is 10.6 Å². The van der Waals surface area contributed by atoms with Gasteiger partial charge in [0.15, 0.2) is 0 Å². The molecule has 0 aliphatic rings. The highest BCUT2D eigenvalue weighted by molar-refractivity contribution is 9.10. The number of hydrogen-bond donors (Lipinski definition) is 0. The lowest BCUT2D eigenvalue weighted by Crippen LogP contribution is -2.03. The molecule has 0 fully saturated rings. The number of imidazole rings is 1. The Bertz CT molecular complexity index is 792. The van der Waals surface area contributed by atoms with Crippen LogP contribution in [0.25, 0.3) is 11.4 Å². The Kier molecular flexibility index (Phi) is 4.27. The molecule has 0 aliphatic heterocycles. The second kappa shape index (κ2) is 6.18. The second-order valence-electron chi connectivity index (χ2n) is 4.75. The molecule has 22 heavy (non-hydrogen) atoms. The molecule has 0 amide bonds. The van der Waals surface area contributed by atoms with Crippen LogP contribution in [0.4, 0.5) is 8.78 Å². The van der Waals surface area contributed by atoms with Gasteiger partial charge >= 0.3 is 0 Å². The van der Waals surface area contributed by atoms with Gasteiger partial charge in [-0.05, 0) is 35.9 Å². The van der Waals surface area contributed by atoms with Crippen LogP contribution in [0.15, 0.2) is 53.3 Å². The fourth-order valence-corrected chi connectivity index (χ4v) is 3.04. The Balaban J connectivity index is 2.03. The maximum absolute atomic E-state index is 14.1. The van der Waals surface area contributed by atoms with Crippen LogP contribution in [-0.2, 0) is 6.54 Å². The van der Waals surface area contributed by atoms with Gasteiger partial charge in [-0.2, -0.15) is 0 Å². The summed E-state index contributed by atoms with van der Waals surface area (Å²) >= 11 is 9.34. The Morgan fingerprint density at radius 3 is 2.73 bits per heavy atom. The van der Waals surface area contributed by atoms with Gasteiger partial charge in [0.2, 0.25) is 0 Å². The first-order valence-electron chi connectivity index (χ1n) is 6.45. The van der Waals surface area contributed by atoms with Crippen molar-refractivity contribution in [3.63, 3.8) is 0 Å². The summed E-state index contributed by atoms with van der Waals surface area (Å²) in [5.74, 6) is -0.376. The molecule has 0 atom stereocenters. The number of nitrogens with zero attached hydrogens (tertiary/aromatic N) is 2. The van der Waals surface area contributed by atoms with Gasteiger partial charge in [-0.1, -0.05) is 33.6 Å². The lowest BCUT2D eigenvalue weighted by Gasteiger charge is -2.10. The highest BCUT2D eigenvalue weighted by Gasteiger charge is 2.15. The molecule has 0 aliphatic carbocycles. The van der Waals surface area contributed by atoms with E-state index in [1.807, 2.05) is 0 Å². The summed E-state index contributed by atoms with van der Waals surface area (Å²) in [6, 6.07) is 9.09. The molecule has 1 aromatic heterocycles. The Labute approximate surface area is 139 Å². The summed E-state index contributed by atoms with van der Waals surface area (Å²) in [5.41, 5.74) is 0.975. The standard InChI is InChI=1S/C16H10BrClF2N2/c17-11-6-10(7-12(19)8-11)9-22-5-4-21-16(22)15-13(18)2-1-3-14(15)20/h1-8H,9H2. The van der Waals surface area contributed by atoms with Crippen LogP contribution in [-0.4, -0.2) is 9.55 Å². The fourth-order valence-electron chi connectivity index (χ4n) is 2.28. The summed E-state index contributed by atoms with van der Waals surface area (Å²) in [5, 5.41) is 0.285. The summed E-state index contributed by atoms with van der Waals surface area (Å²) in [4.78, 5) is 4.18. The molecule has 2 nitrogen and oxygen atoms in total. The van der Waals surface area contributed by atoms with Gasteiger partial charge < -0.3 is 4.57 Å². The lowest BCUT2D eigenvalue weighted by molar-refractivity contribution is 0.621. The van der Waals surface area contributed by atoms with Crippen molar-refractivity contribution in [1.82, 2.24) is 9.55 Å². The number of rotatable bonds is 3. The lowest BCUT2D eigenvalue weighted by atomic mass is 10.2. The van der Waals surface area contributed by atoms with Crippen LogP contribution in [0.2, 0.25) is 5.02 Å². The topological polar surface area (TPSA) is 17.8 Å². The zero-order chi connectivity index (χ0) is 15.7. The van der Waals surface area contributed by atoms with E-state index in [4.69, 9.17) is 11.6 Å². The van der Waals surface area contributed by atoms with Gasteiger partial charge in [0, 0.05) is 23.4 Å². The minimum Gasteiger partial charge on any atom is -0.326 e. The molecule has 0 radical (unpaired) electrons. The average molecular weight is 384 g/mol. The fraction of sp³-hybridized carbons (Fsp3) is 0.0625. The van der Waals surface area contributed by atoms with E-state index in [1.165, 1.54) is 24.3 Å². The second-order valence-corrected chi connectivity index (χ2v) is 6.08. The highest BCUT2D eigenvalue weighted by atomic mass is 79.9. The van der Waals surface area contributed by atoms with Crippen LogP contribution in [0.5, 0.6) is 0 Å². The minimum atomic E-state index is -0.444. The summed E-state index contributed by atoms with van der Waals surface area (Å²) < 4.78 is 29.9. The first kappa shape index (κ1) is 15.2. The molecule has 3 rings (SSSR count). The van der Waals surface area contributed by atoms with Crippen molar-refractivity contribution in [3.05, 3.63) is 75.5 Å². The zero-order valence-corrected chi connectivity index (χ0v) is 13.6. The van der Waals surface area contributed by atoms with Crippen molar-refractivity contribution in [2.45, 2.75) is 6.54 Å². The molecule has 2 aromatic carbocycles. The predicted octanol–water partition coefficient (Wildman–Crippen LogP) is 5.29. The van der Waals surface area contributed by atoms with E-state index in [0.29, 0.717) is 16.8 Å². The van der Waals surface area contributed by atoms with Crippen LogP contribution in [0.1, 0.15) is 5.56 Å². The number of halogens is 4. The SMILES string of the molecule is Fc1cc(Br)cc(Cn2ccnc2-c2c(F)cccc2Cl)c1. The average Bonchev–Trinajstić information content (AvgIpc) is 2.85. The van der Waals surface area contributed by atoms with Crippen molar-refractivity contribution in [1.29, 1.82) is 0 Å². The van der Waals surface area contributed by atoms with E-state index < -0.39 is 5.82 Å². The van der Waals surface area contributed by atoms with E-state index in [1.54, 1.807) is 29.1 Å². The number of aromatic nitrogens is 2. The summed E-state index contributed by atoms with van der Waals surface area (Å²) in [6.07, 6.45) is 3.27. The third-order valence-corrected chi connectivity index (χ3v) is 3.95. The van der Waals surface area contributed by atoms with Crippen molar-refractivity contribution >= 4 is 27.5 Å². The summed E-state index contributed by atoms with van der Waals surface area (Å²) in [6.45, 7) is 0.357. The van der Waals surface area contributed by atoms with Crippen LogP contribution in [0, 0.1) is 11.6 Å². The van der Waals surface area contributed by atoms with Gasteiger partial charge in [-0.3, -0.25) is 0 Å². The molecular formula is C16H10BrClF2N2. The normalized spacial score (nSPS) is 10.9. The Hall–Kier alpha value is -1.72. The maximum Gasteiger partial charge on any atom is 0.144 e. The Morgan fingerprint density at radius 1 is 1.18 bits per heavy atom. The molecular weight excluding hydrogens is 374 g/mol. The van der Waals surface area contributed by atoms with Gasteiger partial charge in [-0.15, -0.1) is 0 Å². The van der Waals surface area contributed by atoms with Crippen LogP contribution < -0.4 is 0 Å². The quantitative estimate of drug-likeness (QED) is 0.601. The highest BCUT2D eigenvalue weighted by Crippen LogP contribution is 2.29. The van der Waals surface area contributed by atoms with Crippen molar-refractivity contribution in [2.24, 2.45) is 0 Å².